The van der Waals surface area contributed by atoms with Crippen LogP contribution in [0.3, 0.4) is 0 Å². The standard InChI is InChI=1S/C35H62N4O7SSi/c1-11-18-30(40)45-23-39(34(42)31(25(8)12-2)37-32(41)27-19-16-17-20-38(27)9)28(24(6)7)21-29(46-48(13-3,14-4)15-5)33-36-26(22-47-33)35(43)44-10/h22,24-25,27-29,31H,11-21,23H2,1-10H3,(H,37,41)/t25-,27?,28+,29+,31-/m0/s1. The fourth-order valence-corrected chi connectivity index (χ4v) is 10.1. The van der Waals surface area contributed by atoms with E-state index in [1.807, 2.05) is 41.7 Å². The molecule has 2 amide bonds. The van der Waals surface area contributed by atoms with Crippen LogP contribution < -0.4 is 5.32 Å². The van der Waals surface area contributed by atoms with Gasteiger partial charge in [0.05, 0.1) is 19.3 Å². The first-order chi connectivity index (χ1) is 22.8. The Hall–Kier alpha value is -2.35. The van der Waals surface area contributed by atoms with Crippen LogP contribution in [0.15, 0.2) is 5.38 Å². The van der Waals surface area contributed by atoms with Gasteiger partial charge in [-0.05, 0) is 69.2 Å². The van der Waals surface area contributed by atoms with E-state index < -0.39 is 32.5 Å². The van der Waals surface area contributed by atoms with Crippen molar-refractivity contribution in [3.8, 4) is 0 Å². The van der Waals surface area contributed by atoms with Gasteiger partial charge in [-0.25, -0.2) is 9.78 Å². The Morgan fingerprint density at radius 2 is 1.75 bits per heavy atom. The number of rotatable bonds is 20. The Balaban J connectivity index is 2.60. The third-order valence-corrected chi connectivity index (χ3v) is 15.7. The number of carbonyl (C=O) groups is 4. The van der Waals surface area contributed by atoms with Crippen LogP contribution >= 0.6 is 11.3 Å². The third-order valence-electron chi connectivity index (χ3n) is 10.1. The predicted molar refractivity (Wildman–Crippen MR) is 192 cm³/mol. The van der Waals surface area contributed by atoms with Gasteiger partial charge in [0.2, 0.25) is 11.8 Å². The predicted octanol–water partition coefficient (Wildman–Crippen LogP) is 6.55. The monoisotopic (exact) mass is 710 g/mol. The normalized spacial score (nSPS) is 18.1. The molecular weight excluding hydrogens is 649 g/mol. The van der Waals surface area contributed by atoms with Crippen molar-refractivity contribution in [3.05, 3.63) is 16.1 Å². The summed E-state index contributed by atoms with van der Waals surface area (Å²) in [4.78, 5) is 61.8. The zero-order valence-electron chi connectivity index (χ0n) is 31.1. The Morgan fingerprint density at radius 1 is 1.08 bits per heavy atom. The first-order valence-electron chi connectivity index (χ1n) is 18.0. The van der Waals surface area contributed by atoms with Gasteiger partial charge in [-0.1, -0.05) is 68.2 Å². The van der Waals surface area contributed by atoms with E-state index in [2.05, 4.69) is 36.0 Å². The fourth-order valence-electron chi connectivity index (χ4n) is 6.37. The summed E-state index contributed by atoms with van der Waals surface area (Å²) in [5.41, 5.74) is 0.220. The maximum Gasteiger partial charge on any atom is 0.357 e. The molecule has 13 heteroatoms. The quantitative estimate of drug-likeness (QED) is 0.0911. The molecule has 0 saturated carbocycles. The number of hydrogen-bond donors (Lipinski definition) is 1. The molecule has 0 aliphatic carbocycles. The van der Waals surface area contributed by atoms with Gasteiger partial charge in [-0.2, -0.15) is 0 Å². The molecule has 1 aliphatic heterocycles. The summed E-state index contributed by atoms with van der Waals surface area (Å²) in [6.07, 6.45) is 4.18. The summed E-state index contributed by atoms with van der Waals surface area (Å²) in [7, 11) is 1.09. The molecule has 0 bridgehead atoms. The highest BCUT2D eigenvalue weighted by Crippen LogP contribution is 2.37. The Labute approximate surface area is 294 Å². The van der Waals surface area contributed by atoms with Gasteiger partial charge in [-0.15, -0.1) is 11.3 Å². The highest BCUT2D eigenvalue weighted by atomic mass is 32.1. The molecule has 0 aromatic carbocycles. The van der Waals surface area contributed by atoms with Crippen molar-refractivity contribution in [2.24, 2.45) is 11.8 Å². The Bertz CT molecular complexity index is 1170. The number of thiazole rings is 1. The largest absolute Gasteiger partial charge is 0.464 e. The number of ether oxygens (including phenoxy) is 2. The van der Waals surface area contributed by atoms with E-state index in [0.717, 1.165) is 43.9 Å². The summed E-state index contributed by atoms with van der Waals surface area (Å²) in [5, 5.41) is 5.46. The molecule has 5 atom stereocenters. The smallest absolute Gasteiger partial charge is 0.357 e. The van der Waals surface area contributed by atoms with Crippen LogP contribution in [0.25, 0.3) is 0 Å². The number of esters is 2. The molecule has 1 fully saturated rings. The van der Waals surface area contributed by atoms with E-state index in [9.17, 15) is 19.2 Å². The molecule has 1 aromatic heterocycles. The van der Waals surface area contributed by atoms with Gasteiger partial charge in [-0.3, -0.25) is 19.3 Å². The molecule has 0 spiro atoms. The van der Waals surface area contributed by atoms with E-state index in [1.165, 1.54) is 18.4 Å². The molecule has 2 heterocycles. The second-order valence-electron chi connectivity index (χ2n) is 13.5. The summed E-state index contributed by atoms with van der Waals surface area (Å²) in [5.74, 6) is -1.55. The maximum atomic E-state index is 14.8. The Kier molecular flexibility index (Phi) is 17.7. The minimum atomic E-state index is -2.19. The lowest BCUT2D eigenvalue weighted by molar-refractivity contribution is -0.159. The molecule has 1 saturated heterocycles. The summed E-state index contributed by atoms with van der Waals surface area (Å²) < 4.78 is 17.7. The van der Waals surface area contributed by atoms with E-state index in [0.29, 0.717) is 24.3 Å². The highest BCUT2D eigenvalue weighted by Gasteiger charge is 2.41. The molecule has 274 valence electrons. The molecule has 1 aromatic rings. The number of amides is 2. The van der Waals surface area contributed by atoms with Crippen molar-refractivity contribution in [1.82, 2.24) is 20.1 Å². The average molecular weight is 711 g/mol. The van der Waals surface area contributed by atoms with Crippen LogP contribution in [0.1, 0.15) is 122 Å². The van der Waals surface area contributed by atoms with Crippen molar-refractivity contribution in [2.75, 3.05) is 27.4 Å². The van der Waals surface area contributed by atoms with Gasteiger partial charge >= 0.3 is 11.9 Å². The molecular formula is C35H62N4O7SSi. The van der Waals surface area contributed by atoms with Crippen molar-refractivity contribution in [1.29, 1.82) is 0 Å². The van der Waals surface area contributed by atoms with Crippen LogP contribution in [0, 0.1) is 11.8 Å². The SMILES string of the molecule is CCCC(=O)OCN(C(=O)[C@@H](NC(=O)C1CCCCN1C)[C@@H](C)CC)[C@H](C[C@@H](O[Si](CC)(CC)CC)c1nc(C(=O)OC)cs1)C(C)C. The molecule has 0 radical (unpaired) electrons. The van der Waals surface area contributed by atoms with E-state index in [-0.39, 0.29) is 54.5 Å². The second kappa shape index (κ2) is 20.4. The number of likely N-dealkylation sites (tertiary alicyclic amines) is 1. The Morgan fingerprint density at radius 3 is 2.29 bits per heavy atom. The van der Waals surface area contributed by atoms with Crippen molar-refractivity contribution in [3.63, 3.8) is 0 Å². The lowest BCUT2D eigenvalue weighted by atomic mass is 9.92. The van der Waals surface area contributed by atoms with Crippen LogP contribution in [0.5, 0.6) is 0 Å². The molecule has 2 rings (SSSR count). The molecule has 11 nitrogen and oxygen atoms in total. The number of nitrogens with one attached hydrogen (secondary N) is 1. The second-order valence-corrected chi connectivity index (χ2v) is 19.1. The highest BCUT2D eigenvalue weighted by molar-refractivity contribution is 7.09. The van der Waals surface area contributed by atoms with Gasteiger partial charge in [0.1, 0.15) is 11.0 Å². The zero-order chi connectivity index (χ0) is 36.0. The molecule has 48 heavy (non-hydrogen) atoms. The first kappa shape index (κ1) is 41.8. The summed E-state index contributed by atoms with van der Waals surface area (Å²) >= 11 is 1.35. The number of likely N-dealkylation sites (N-methyl/N-ethyl adjacent to an activating group) is 1. The van der Waals surface area contributed by atoms with Crippen LogP contribution in [0.4, 0.5) is 0 Å². The molecule has 1 N–H and O–H groups in total. The van der Waals surface area contributed by atoms with Gasteiger partial charge in [0.15, 0.2) is 20.7 Å². The van der Waals surface area contributed by atoms with E-state index in [1.54, 1.807) is 10.3 Å². The van der Waals surface area contributed by atoms with Crippen LogP contribution in [-0.4, -0.2) is 92.4 Å². The van der Waals surface area contributed by atoms with Gasteiger partial charge in [0.25, 0.3) is 0 Å². The van der Waals surface area contributed by atoms with Gasteiger partial charge < -0.3 is 24.1 Å². The summed E-state index contributed by atoms with van der Waals surface area (Å²) in [6.45, 7) is 17.0. The molecule has 1 aliphatic rings. The summed E-state index contributed by atoms with van der Waals surface area (Å²) in [6, 6.07) is 1.20. The first-order valence-corrected chi connectivity index (χ1v) is 21.4. The van der Waals surface area contributed by atoms with Crippen LogP contribution in [0.2, 0.25) is 18.1 Å². The van der Waals surface area contributed by atoms with Crippen molar-refractivity contribution in [2.45, 2.75) is 143 Å². The topological polar surface area (TPSA) is 127 Å². The van der Waals surface area contributed by atoms with Gasteiger partial charge in [0, 0.05) is 17.8 Å². The number of methoxy groups -OCH3 is 1. The zero-order valence-corrected chi connectivity index (χ0v) is 33.0. The number of piperidine rings is 1. The van der Waals surface area contributed by atoms with Crippen LogP contribution in [-0.2, 0) is 28.3 Å². The number of nitrogens with zero attached hydrogens (tertiary/aromatic N) is 3. The minimum Gasteiger partial charge on any atom is -0.464 e. The molecule has 1 unspecified atom stereocenters. The minimum absolute atomic E-state index is 0.0660. The number of carbonyl (C=O) groups excluding carboxylic acids is 4. The van der Waals surface area contributed by atoms with E-state index in [4.69, 9.17) is 13.9 Å². The fraction of sp³-hybridized carbons (Fsp3) is 0.800. The van der Waals surface area contributed by atoms with Crippen molar-refractivity contribution < 1.29 is 33.1 Å². The average Bonchev–Trinajstić information content (AvgIpc) is 3.58. The number of hydrogen-bond acceptors (Lipinski definition) is 10. The lowest BCUT2D eigenvalue weighted by Gasteiger charge is -2.41. The third kappa shape index (κ3) is 11.3. The maximum absolute atomic E-state index is 14.8. The number of aromatic nitrogens is 1. The van der Waals surface area contributed by atoms with Crippen molar-refractivity contribution >= 4 is 43.4 Å². The van der Waals surface area contributed by atoms with E-state index >= 15 is 0 Å². The lowest BCUT2D eigenvalue weighted by Crippen LogP contribution is -2.59.